The van der Waals surface area contributed by atoms with Crippen LogP contribution in [0, 0.1) is 0 Å². The first-order chi connectivity index (χ1) is 8.76. The van der Waals surface area contributed by atoms with Gasteiger partial charge in [0.25, 0.3) is 0 Å². The van der Waals surface area contributed by atoms with E-state index in [1.807, 2.05) is 6.92 Å². The highest BCUT2D eigenvalue weighted by atomic mass is 19.4. The molecule has 0 rings (SSSR count). The van der Waals surface area contributed by atoms with Crippen molar-refractivity contribution in [2.24, 2.45) is 0 Å². The summed E-state index contributed by atoms with van der Waals surface area (Å²) in [7, 11) is 0. The van der Waals surface area contributed by atoms with Crippen LogP contribution in [0.1, 0.15) is 32.6 Å². The van der Waals surface area contributed by atoms with E-state index in [9.17, 15) is 22.8 Å². The maximum absolute atomic E-state index is 12.2. The van der Waals surface area contributed by atoms with E-state index in [1.165, 1.54) is 0 Å². The second-order valence-electron chi connectivity index (χ2n) is 4.16. The molecule has 19 heavy (non-hydrogen) atoms. The highest BCUT2D eigenvalue weighted by Crippen LogP contribution is 2.16. The summed E-state index contributed by atoms with van der Waals surface area (Å²) in [6.45, 7) is -0.288. The minimum atomic E-state index is -4.62. The molecule has 0 heterocycles. The molecule has 0 saturated carbocycles. The Morgan fingerprint density at radius 2 is 1.84 bits per heavy atom. The maximum atomic E-state index is 12.2. The number of rotatable bonds is 8. The van der Waals surface area contributed by atoms with Crippen molar-refractivity contribution in [2.75, 3.05) is 19.6 Å². The quantitative estimate of drug-likeness (QED) is 0.671. The molecule has 112 valence electrons. The molecule has 0 aromatic heterocycles. The Balaban J connectivity index is 4.19. The van der Waals surface area contributed by atoms with Gasteiger partial charge in [-0.15, -0.1) is 0 Å². The van der Waals surface area contributed by atoms with Crippen molar-refractivity contribution < 1.29 is 27.9 Å². The zero-order valence-corrected chi connectivity index (χ0v) is 10.8. The Hall–Kier alpha value is -1.47. The Labute approximate surface area is 109 Å². The Bertz CT molecular complexity index is 295. The standard InChI is InChI=1S/C11H19F3N2O3/c1-2-3-4-5-6-15-10(19)16(7-9(17)18)8-11(12,13)14/h2-8H2,1H3,(H,15,19)(H,17,18). The lowest BCUT2D eigenvalue weighted by Gasteiger charge is -2.22. The molecule has 2 N–H and O–H groups in total. The fourth-order valence-electron chi connectivity index (χ4n) is 1.44. The number of carboxylic acids is 1. The van der Waals surface area contributed by atoms with Crippen molar-refractivity contribution in [3.05, 3.63) is 0 Å². The molecule has 0 unspecified atom stereocenters. The number of alkyl halides is 3. The summed E-state index contributed by atoms with van der Waals surface area (Å²) in [5.41, 5.74) is 0. The minimum Gasteiger partial charge on any atom is -0.480 e. The number of urea groups is 1. The van der Waals surface area contributed by atoms with Crippen LogP contribution in [0.2, 0.25) is 0 Å². The summed E-state index contributed by atoms with van der Waals surface area (Å²) in [6.07, 6.45) is -1.10. The molecule has 0 spiro atoms. The van der Waals surface area contributed by atoms with Crippen LogP contribution in [0.4, 0.5) is 18.0 Å². The van der Waals surface area contributed by atoms with Crippen LogP contribution in [0.15, 0.2) is 0 Å². The van der Waals surface area contributed by atoms with Crippen molar-refractivity contribution in [2.45, 2.75) is 38.8 Å². The van der Waals surface area contributed by atoms with Gasteiger partial charge < -0.3 is 15.3 Å². The Morgan fingerprint density at radius 1 is 1.21 bits per heavy atom. The summed E-state index contributed by atoms with van der Waals surface area (Å²) in [5, 5.41) is 10.8. The molecule has 0 atom stereocenters. The normalized spacial score (nSPS) is 11.2. The van der Waals surface area contributed by atoms with Gasteiger partial charge in [-0.05, 0) is 6.42 Å². The van der Waals surface area contributed by atoms with E-state index >= 15 is 0 Å². The number of hydrogen-bond acceptors (Lipinski definition) is 2. The smallest absolute Gasteiger partial charge is 0.406 e. The number of nitrogens with zero attached hydrogens (tertiary/aromatic N) is 1. The molecule has 2 amide bonds. The second kappa shape index (κ2) is 8.60. The van der Waals surface area contributed by atoms with E-state index in [0.29, 0.717) is 6.42 Å². The lowest BCUT2D eigenvalue weighted by molar-refractivity contribution is -0.148. The summed E-state index contributed by atoms with van der Waals surface area (Å²) in [6, 6.07) is -1.00. The summed E-state index contributed by atoms with van der Waals surface area (Å²) < 4.78 is 36.6. The third-order valence-corrected chi connectivity index (χ3v) is 2.29. The first-order valence-corrected chi connectivity index (χ1v) is 6.07. The number of carboxylic acid groups (broad SMARTS) is 1. The molecule has 0 fully saturated rings. The van der Waals surface area contributed by atoms with Gasteiger partial charge in [0.1, 0.15) is 13.1 Å². The predicted molar refractivity (Wildman–Crippen MR) is 62.8 cm³/mol. The monoisotopic (exact) mass is 284 g/mol. The SMILES string of the molecule is CCCCCCNC(=O)N(CC(=O)O)CC(F)(F)F. The van der Waals surface area contributed by atoms with Crippen LogP contribution in [0.3, 0.4) is 0 Å². The van der Waals surface area contributed by atoms with Crippen LogP contribution in [-0.2, 0) is 4.79 Å². The highest BCUT2D eigenvalue weighted by molar-refractivity contribution is 5.80. The van der Waals surface area contributed by atoms with Crippen LogP contribution in [0.5, 0.6) is 0 Å². The number of aliphatic carboxylic acids is 1. The van der Waals surface area contributed by atoms with Crippen LogP contribution in [0.25, 0.3) is 0 Å². The molecule has 0 aliphatic heterocycles. The fraction of sp³-hybridized carbons (Fsp3) is 0.818. The van der Waals surface area contributed by atoms with Gasteiger partial charge in [-0.3, -0.25) is 4.79 Å². The summed E-state index contributed by atoms with van der Waals surface area (Å²) in [4.78, 5) is 22.1. The molecule has 0 aliphatic carbocycles. The molecular weight excluding hydrogens is 265 g/mol. The molecule has 0 aromatic rings. The van der Waals surface area contributed by atoms with Crippen LogP contribution in [-0.4, -0.2) is 47.8 Å². The van der Waals surface area contributed by atoms with Crippen molar-refractivity contribution in [3.8, 4) is 0 Å². The Kier molecular flexibility index (Phi) is 7.94. The number of nitrogens with one attached hydrogen (secondary N) is 1. The van der Waals surface area contributed by atoms with E-state index in [0.717, 1.165) is 19.3 Å². The van der Waals surface area contributed by atoms with Gasteiger partial charge in [-0.2, -0.15) is 13.2 Å². The van der Waals surface area contributed by atoms with Crippen molar-refractivity contribution >= 4 is 12.0 Å². The molecule has 5 nitrogen and oxygen atoms in total. The number of amides is 2. The van der Waals surface area contributed by atoms with E-state index in [4.69, 9.17) is 5.11 Å². The topological polar surface area (TPSA) is 69.6 Å². The molecule has 0 saturated heterocycles. The number of carbonyl (C=O) groups is 2. The van der Waals surface area contributed by atoms with Gasteiger partial charge in [0, 0.05) is 6.54 Å². The van der Waals surface area contributed by atoms with Gasteiger partial charge in [0.2, 0.25) is 0 Å². The average Bonchev–Trinajstić information content (AvgIpc) is 2.25. The minimum absolute atomic E-state index is 0.238. The molecule has 8 heteroatoms. The highest BCUT2D eigenvalue weighted by Gasteiger charge is 2.33. The van der Waals surface area contributed by atoms with Gasteiger partial charge >= 0.3 is 18.2 Å². The third-order valence-electron chi connectivity index (χ3n) is 2.29. The fourth-order valence-corrected chi connectivity index (χ4v) is 1.44. The molecule has 0 bridgehead atoms. The van der Waals surface area contributed by atoms with Crippen molar-refractivity contribution in [1.82, 2.24) is 10.2 Å². The molecule has 0 aliphatic rings. The largest absolute Gasteiger partial charge is 0.480 e. The third kappa shape index (κ3) is 10.2. The van der Waals surface area contributed by atoms with Crippen LogP contribution < -0.4 is 5.32 Å². The number of halogens is 3. The van der Waals surface area contributed by atoms with E-state index in [2.05, 4.69) is 5.32 Å². The van der Waals surface area contributed by atoms with Crippen molar-refractivity contribution in [1.29, 1.82) is 0 Å². The zero-order valence-electron chi connectivity index (χ0n) is 10.8. The van der Waals surface area contributed by atoms with Crippen LogP contribution >= 0.6 is 0 Å². The van der Waals surface area contributed by atoms with Gasteiger partial charge in [0.15, 0.2) is 0 Å². The van der Waals surface area contributed by atoms with Gasteiger partial charge in [0.05, 0.1) is 0 Å². The maximum Gasteiger partial charge on any atom is 0.406 e. The lowest BCUT2D eigenvalue weighted by Crippen LogP contribution is -2.47. The number of hydrogen-bond donors (Lipinski definition) is 2. The first kappa shape index (κ1) is 17.5. The molecular formula is C11H19F3N2O3. The average molecular weight is 284 g/mol. The number of unbranched alkanes of at least 4 members (excludes halogenated alkanes) is 3. The molecule has 0 aromatic carbocycles. The predicted octanol–water partition coefficient (Wildman–Crippen LogP) is 2.23. The van der Waals surface area contributed by atoms with Gasteiger partial charge in [-0.1, -0.05) is 26.2 Å². The van der Waals surface area contributed by atoms with Crippen molar-refractivity contribution in [3.63, 3.8) is 0 Å². The summed E-state index contributed by atoms with van der Waals surface area (Å²) in [5.74, 6) is -1.48. The Morgan fingerprint density at radius 3 is 2.32 bits per heavy atom. The zero-order chi connectivity index (χ0) is 14.9. The number of carbonyl (C=O) groups excluding carboxylic acids is 1. The van der Waals surface area contributed by atoms with E-state index in [-0.39, 0.29) is 11.4 Å². The van der Waals surface area contributed by atoms with E-state index in [1.54, 1.807) is 0 Å². The van der Waals surface area contributed by atoms with Gasteiger partial charge in [-0.25, -0.2) is 4.79 Å². The second-order valence-corrected chi connectivity index (χ2v) is 4.16. The van der Waals surface area contributed by atoms with E-state index < -0.39 is 31.3 Å². The first-order valence-electron chi connectivity index (χ1n) is 6.07. The lowest BCUT2D eigenvalue weighted by atomic mass is 10.2. The molecule has 0 radical (unpaired) electrons. The summed E-state index contributed by atoms with van der Waals surface area (Å²) >= 11 is 0.